The van der Waals surface area contributed by atoms with Crippen LogP contribution in [-0.4, -0.2) is 34.0 Å². The van der Waals surface area contributed by atoms with Gasteiger partial charge in [-0.1, -0.05) is 41.9 Å². The number of benzene rings is 2. The second-order valence-corrected chi connectivity index (χ2v) is 8.44. The summed E-state index contributed by atoms with van der Waals surface area (Å²) in [5.74, 6) is 0.771. The summed E-state index contributed by atoms with van der Waals surface area (Å²) in [6, 6.07) is 25.2. The Morgan fingerprint density at radius 3 is 2.24 bits per heavy atom. The summed E-state index contributed by atoms with van der Waals surface area (Å²) in [6.07, 6.45) is 3.39. The van der Waals surface area contributed by atoms with Gasteiger partial charge in [0.1, 0.15) is 12.4 Å². The van der Waals surface area contributed by atoms with Crippen molar-refractivity contribution in [2.75, 3.05) is 18.0 Å². The third kappa shape index (κ3) is 5.02. The lowest BCUT2D eigenvalue weighted by Crippen LogP contribution is -2.31. The molecule has 4 aromatic rings. The van der Waals surface area contributed by atoms with Gasteiger partial charge in [0.15, 0.2) is 0 Å². The smallest absolute Gasteiger partial charge is 0.324 e. The molecule has 2 aromatic heterocycles. The molecule has 5 rings (SSSR count). The lowest BCUT2D eigenvalue weighted by molar-refractivity contribution is 0.218. The Bertz CT molecular complexity index is 1260. The zero-order valence-corrected chi connectivity index (χ0v) is 19.2. The molecule has 1 aliphatic heterocycles. The number of halogens is 1. The zero-order chi connectivity index (χ0) is 23.3. The van der Waals surface area contributed by atoms with Crippen molar-refractivity contribution in [3.05, 3.63) is 108 Å². The van der Waals surface area contributed by atoms with Crippen molar-refractivity contribution in [2.45, 2.75) is 13.2 Å². The van der Waals surface area contributed by atoms with Crippen molar-refractivity contribution in [2.24, 2.45) is 0 Å². The maximum Gasteiger partial charge on any atom is 0.324 e. The second kappa shape index (κ2) is 9.93. The summed E-state index contributed by atoms with van der Waals surface area (Å²) in [7, 11) is 0. The number of hydrogen-bond acceptors (Lipinski definition) is 4. The van der Waals surface area contributed by atoms with E-state index >= 15 is 0 Å². The largest absolute Gasteiger partial charge is 0.487 e. The Morgan fingerprint density at radius 2 is 1.50 bits per heavy atom. The molecule has 2 aromatic carbocycles. The molecule has 1 fully saturated rings. The van der Waals surface area contributed by atoms with Crippen LogP contribution in [0.25, 0.3) is 11.1 Å². The standard InChI is InChI=1S/C27H23ClN4O2/c28-22-8-4-20(5-9-22)21-6-10-26(11-7-21)34-19-24-3-1-2-23(30-24)18-31-16-17-32(27(31)33)25-12-14-29-15-13-25/h1-15H,16-19H2. The molecule has 0 aliphatic carbocycles. The molecule has 0 bridgehead atoms. The number of amides is 2. The minimum Gasteiger partial charge on any atom is -0.487 e. The molecule has 1 aliphatic rings. The number of rotatable bonds is 7. The van der Waals surface area contributed by atoms with E-state index in [1.54, 1.807) is 17.3 Å². The van der Waals surface area contributed by atoms with Crippen LogP contribution < -0.4 is 9.64 Å². The molecule has 0 unspecified atom stereocenters. The second-order valence-electron chi connectivity index (χ2n) is 8.00. The fourth-order valence-electron chi connectivity index (χ4n) is 3.93. The molecule has 7 heteroatoms. The van der Waals surface area contributed by atoms with E-state index in [2.05, 4.69) is 4.98 Å². The highest BCUT2D eigenvalue weighted by Gasteiger charge is 2.29. The fourth-order valence-corrected chi connectivity index (χ4v) is 4.06. The number of nitrogens with zero attached hydrogens (tertiary/aromatic N) is 4. The van der Waals surface area contributed by atoms with E-state index < -0.39 is 0 Å². The molecule has 3 heterocycles. The van der Waals surface area contributed by atoms with Gasteiger partial charge in [-0.15, -0.1) is 0 Å². The maximum atomic E-state index is 12.8. The first kappa shape index (κ1) is 21.9. The van der Waals surface area contributed by atoms with Crippen LogP contribution >= 0.6 is 11.6 Å². The molecule has 0 spiro atoms. The van der Waals surface area contributed by atoms with Crippen molar-refractivity contribution in [1.82, 2.24) is 14.9 Å². The van der Waals surface area contributed by atoms with Gasteiger partial charge in [-0.05, 0) is 59.7 Å². The highest BCUT2D eigenvalue weighted by molar-refractivity contribution is 6.30. The molecule has 1 saturated heterocycles. The highest BCUT2D eigenvalue weighted by atomic mass is 35.5. The summed E-state index contributed by atoms with van der Waals surface area (Å²) in [4.78, 5) is 25.1. The normalized spacial score (nSPS) is 13.4. The molecule has 170 valence electrons. The lowest BCUT2D eigenvalue weighted by Gasteiger charge is -2.18. The van der Waals surface area contributed by atoms with Gasteiger partial charge < -0.3 is 9.64 Å². The highest BCUT2D eigenvalue weighted by Crippen LogP contribution is 2.24. The Kier molecular flexibility index (Phi) is 6.40. The number of aromatic nitrogens is 2. The number of ether oxygens (including phenoxy) is 1. The molecule has 0 saturated carbocycles. The van der Waals surface area contributed by atoms with Gasteiger partial charge in [0.05, 0.1) is 17.9 Å². The van der Waals surface area contributed by atoms with Crippen LogP contribution in [0.3, 0.4) is 0 Å². The zero-order valence-electron chi connectivity index (χ0n) is 18.5. The van der Waals surface area contributed by atoms with Crippen LogP contribution in [0.4, 0.5) is 10.5 Å². The predicted octanol–water partition coefficient (Wildman–Crippen LogP) is 5.82. The Balaban J connectivity index is 1.19. The summed E-state index contributed by atoms with van der Waals surface area (Å²) in [5.41, 5.74) is 4.71. The number of anilines is 1. The monoisotopic (exact) mass is 470 g/mol. The van der Waals surface area contributed by atoms with Crippen LogP contribution in [0, 0.1) is 0 Å². The Hall–Kier alpha value is -3.90. The van der Waals surface area contributed by atoms with Crippen molar-refractivity contribution in [1.29, 1.82) is 0 Å². The lowest BCUT2D eigenvalue weighted by atomic mass is 10.1. The third-order valence-electron chi connectivity index (χ3n) is 5.71. The van der Waals surface area contributed by atoms with E-state index in [9.17, 15) is 4.79 Å². The summed E-state index contributed by atoms with van der Waals surface area (Å²) < 4.78 is 5.94. The molecule has 0 radical (unpaired) electrons. The number of carbonyl (C=O) groups is 1. The topological polar surface area (TPSA) is 58.6 Å². The van der Waals surface area contributed by atoms with Crippen LogP contribution in [0.1, 0.15) is 11.4 Å². The molecule has 0 atom stereocenters. The molecule has 34 heavy (non-hydrogen) atoms. The molecule has 0 N–H and O–H groups in total. The van der Waals surface area contributed by atoms with Gasteiger partial charge in [-0.2, -0.15) is 0 Å². The fraction of sp³-hybridized carbons (Fsp3) is 0.148. The molecule has 2 amide bonds. The summed E-state index contributed by atoms with van der Waals surface area (Å²) in [5, 5.41) is 0.721. The van der Waals surface area contributed by atoms with E-state index in [4.69, 9.17) is 21.3 Å². The molecular weight excluding hydrogens is 448 g/mol. The minimum absolute atomic E-state index is 0.0181. The number of urea groups is 1. The van der Waals surface area contributed by atoms with Gasteiger partial charge >= 0.3 is 6.03 Å². The Morgan fingerprint density at radius 1 is 0.824 bits per heavy atom. The van der Waals surface area contributed by atoms with Gasteiger partial charge in [0.25, 0.3) is 0 Å². The van der Waals surface area contributed by atoms with Crippen molar-refractivity contribution in [3.8, 4) is 16.9 Å². The van der Waals surface area contributed by atoms with Crippen molar-refractivity contribution in [3.63, 3.8) is 0 Å². The van der Waals surface area contributed by atoms with E-state index in [0.717, 1.165) is 39.0 Å². The van der Waals surface area contributed by atoms with E-state index in [1.165, 1.54) is 0 Å². The first-order valence-electron chi connectivity index (χ1n) is 11.1. The van der Waals surface area contributed by atoms with Gasteiger partial charge in [0, 0.05) is 36.2 Å². The predicted molar refractivity (Wildman–Crippen MR) is 133 cm³/mol. The van der Waals surface area contributed by atoms with Crippen LogP contribution in [0.2, 0.25) is 5.02 Å². The SMILES string of the molecule is O=C1N(Cc2cccc(COc3ccc(-c4ccc(Cl)cc4)cc3)n2)CCN1c1ccncc1. The number of carbonyl (C=O) groups excluding carboxylic acids is 1. The maximum absolute atomic E-state index is 12.8. The van der Waals surface area contributed by atoms with Gasteiger partial charge in [-0.25, -0.2) is 4.79 Å². The van der Waals surface area contributed by atoms with Crippen LogP contribution in [0.5, 0.6) is 5.75 Å². The van der Waals surface area contributed by atoms with Gasteiger partial charge in [0.2, 0.25) is 0 Å². The quantitative estimate of drug-likeness (QED) is 0.341. The summed E-state index contributed by atoms with van der Waals surface area (Å²) in [6.45, 7) is 2.12. The number of hydrogen-bond donors (Lipinski definition) is 0. The minimum atomic E-state index is -0.0181. The molecule has 6 nitrogen and oxygen atoms in total. The first-order chi connectivity index (χ1) is 16.7. The summed E-state index contributed by atoms with van der Waals surface area (Å²) >= 11 is 5.97. The Labute approximate surface area is 203 Å². The van der Waals surface area contributed by atoms with Crippen molar-refractivity contribution >= 4 is 23.3 Å². The van der Waals surface area contributed by atoms with Crippen LogP contribution in [0.15, 0.2) is 91.3 Å². The van der Waals surface area contributed by atoms with E-state index in [1.807, 2.05) is 83.8 Å². The average molecular weight is 471 g/mol. The third-order valence-corrected chi connectivity index (χ3v) is 5.96. The van der Waals surface area contributed by atoms with E-state index in [0.29, 0.717) is 26.2 Å². The van der Waals surface area contributed by atoms with E-state index in [-0.39, 0.29) is 6.03 Å². The number of pyridine rings is 2. The van der Waals surface area contributed by atoms with Crippen molar-refractivity contribution < 1.29 is 9.53 Å². The average Bonchev–Trinajstić information content (AvgIpc) is 3.24. The van der Waals surface area contributed by atoms with Gasteiger partial charge in [-0.3, -0.25) is 14.9 Å². The molecular formula is C27H23ClN4O2. The van der Waals surface area contributed by atoms with Crippen LogP contribution in [-0.2, 0) is 13.2 Å². The first-order valence-corrected chi connectivity index (χ1v) is 11.4.